The number of ether oxygens (including phenoxy) is 1. The third kappa shape index (κ3) is 3.18. The lowest BCUT2D eigenvalue weighted by Crippen LogP contribution is -2.33. The molecular weight excluding hydrogens is 406 g/mol. The molecule has 0 spiro atoms. The summed E-state index contributed by atoms with van der Waals surface area (Å²) < 4.78 is 5.24. The molecule has 3 aliphatic rings. The van der Waals surface area contributed by atoms with Crippen LogP contribution in [0.25, 0.3) is 0 Å². The van der Waals surface area contributed by atoms with Crippen LogP contribution >= 0.6 is 0 Å². The molecule has 0 N–H and O–H groups in total. The molecule has 2 aromatic rings. The molecule has 32 heavy (non-hydrogen) atoms. The van der Waals surface area contributed by atoms with Gasteiger partial charge in [-0.1, -0.05) is 35.9 Å². The van der Waals surface area contributed by atoms with Crippen LogP contribution in [0.4, 0.5) is 5.69 Å². The first-order valence-electron chi connectivity index (χ1n) is 10.8. The number of allylic oxidation sites excluding steroid dienone is 2. The Hall–Kier alpha value is -3.54. The minimum atomic E-state index is -0.675. The second-order valence-electron chi connectivity index (χ2n) is 8.88. The molecule has 6 heteroatoms. The number of nitrogens with zero attached hydrogens (tertiary/aromatic N) is 1. The molecule has 1 saturated carbocycles. The molecule has 0 radical (unpaired) electrons. The van der Waals surface area contributed by atoms with Crippen LogP contribution in [0.1, 0.15) is 38.3 Å². The van der Waals surface area contributed by atoms with Gasteiger partial charge in [0.2, 0.25) is 17.6 Å². The number of esters is 1. The second kappa shape index (κ2) is 7.55. The maximum Gasteiger partial charge on any atom is 0.338 e. The van der Waals surface area contributed by atoms with Crippen LogP contribution in [-0.2, 0) is 14.3 Å². The molecule has 5 rings (SSSR count). The lowest BCUT2D eigenvalue weighted by molar-refractivity contribution is -0.123. The number of ketones is 1. The van der Waals surface area contributed by atoms with E-state index in [0.717, 1.165) is 17.5 Å². The van der Waals surface area contributed by atoms with Crippen molar-refractivity contribution in [1.29, 1.82) is 0 Å². The van der Waals surface area contributed by atoms with E-state index < -0.39 is 5.97 Å². The van der Waals surface area contributed by atoms with E-state index >= 15 is 0 Å². The number of carbonyl (C=O) groups excluding carboxylic acids is 4. The average Bonchev–Trinajstić information content (AvgIpc) is 3.47. The zero-order chi connectivity index (χ0) is 22.6. The number of benzene rings is 2. The Bertz CT molecular complexity index is 1170. The number of Topliss-reactive ketones (excluding diaryl/α,β-unsaturated/α-hetero) is 1. The van der Waals surface area contributed by atoms with Crippen LogP contribution in [0.2, 0.25) is 0 Å². The summed E-state index contributed by atoms with van der Waals surface area (Å²) in [5.74, 6) is -1.72. The van der Waals surface area contributed by atoms with Gasteiger partial charge in [0, 0.05) is 5.56 Å². The Morgan fingerprint density at radius 2 is 1.66 bits per heavy atom. The monoisotopic (exact) mass is 429 g/mol. The van der Waals surface area contributed by atoms with E-state index in [4.69, 9.17) is 4.74 Å². The summed E-state index contributed by atoms with van der Waals surface area (Å²) in [5.41, 5.74) is 2.85. The molecule has 0 unspecified atom stereocenters. The van der Waals surface area contributed by atoms with E-state index in [1.165, 1.54) is 11.0 Å². The maximum atomic E-state index is 13.0. The minimum absolute atomic E-state index is 0.121. The van der Waals surface area contributed by atoms with E-state index in [1.54, 1.807) is 24.3 Å². The van der Waals surface area contributed by atoms with E-state index in [1.807, 2.05) is 38.1 Å². The van der Waals surface area contributed by atoms with Gasteiger partial charge in [-0.15, -0.1) is 0 Å². The lowest BCUT2D eigenvalue weighted by Gasteiger charge is -2.18. The highest BCUT2D eigenvalue weighted by Gasteiger charge is 2.59. The SMILES string of the molecule is Cc1ccc(C)c(C(=O)COC(=O)c2cccc(N3C(=O)[C@@H]4[C@@H](C3=O)[C@@H]3C=C[C@@H]4C3)c2)c1. The molecule has 2 bridgehead atoms. The molecule has 1 aliphatic heterocycles. The molecule has 2 fully saturated rings. The number of imide groups is 1. The lowest BCUT2D eigenvalue weighted by atomic mass is 9.85. The van der Waals surface area contributed by atoms with Crippen molar-refractivity contribution in [2.75, 3.05) is 11.5 Å². The summed E-state index contributed by atoms with van der Waals surface area (Å²) in [6.45, 7) is 3.34. The first kappa shape index (κ1) is 20.4. The third-order valence-corrected chi connectivity index (χ3v) is 6.84. The fourth-order valence-corrected chi connectivity index (χ4v) is 5.26. The Morgan fingerprint density at radius 1 is 0.969 bits per heavy atom. The predicted octanol–water partition coefficient (Wildman–Crippen LogP) is 3.65. The van der Waals surface area contributed by atoms with Crippen molar-refractivity contribution in [3.8, 4) is 0 Å². The van der Waals surface area contributed by atoms with Gasteiger partial charge in [0.25, 0.3) is 0 Å². The number of rotatable bonds is 5. The number of carbonyl (C=O) groups is 4. The Morgan fingerprint density at radius 3 is 2.34 bits per heavy atom. The molecule has 2 amide bonds. The van der Waals surface area contributed by atoms with Crippen LogP contribution < -0.4 is 4.90 Å². The molecule has 162 valence electrons. The fourth-order valence-electron chi connectivity index (χ4n) is 5.26. The van der Waals surface area contributed by atoms with Crippen LogP contribution in [0.5, 0.6) is 0 Å². The Kier molecular flexibility index (Phi) is 4.81. The standard InChI is InChI=1S/C26H23NO5/c1-14-6-7-15(2)20(10-14)21(28)13-32-26(31)18-4-3-5-19(12-18)27-24(29)22-16-8-9-17(11-16)23(22)25(27)30/h3-10,12,16-17,22-23H,11,13H2,1-2H3/t16-,17-,22+,23+/m1/s1. The number of hydrogen-bond acceptors (Lipinski definition) is 5. The predicted molar refractivity (Wildman–Crippen MR) is 117 cm³/mol. The summed E-state index contributed by atoms with van der Waals surface area (Å²) in [5, 5.41) is 0. The van der Waals surface area contributed by atoms with Gasteiger partial charge >= 0.3 is 5.97 Å². The second-order valence-corrected chi connectivity index (χ2v) is 8.88. The number of fused-ring (bicyclic) bond motifs is 5. The number of aryl methyl sites for hydroxylation is 2. The van der Waals surface area contributed by atoms with E-state index in [9.17, 15) is 19.2 Å². The van der Waals surface area contributed by atoms with Gasteiger partial charge in [-0.05, 0) is 61.9 Å². The highest BCUT2D eigenvalue weighted by Crippen LogP contribution is 2.53. The van der Waals surface area contributed by atoms with Crippen molar-refractivity contribution in [3.05, 3.63) is 76.9 Å². The Balaban J connectivity index is 1.31. The van der Waals surface area contributed by atoms with Crippen molar-refractivity contribution in [3.63, 3.8) is 0 Å². The minimum Gasteiger partial charge on any atom is -0.454 e. The first-order chi connectivity index (χ1) is 15.3. The highest BCUT2D eigenvalue weighted by molar-refractivity contribution is 6.23. The van der Waals surface area contributed by atoms with Crippen molar-refractivity contribution < 1.29 is 23.9 Å². The number of hydrogen-bond donors (Lipinski definition) is 0. The van der Waals surface area contributed by atoms with Crippen LogP contribution in [-0.4, -0.2) is 30.2 Å². The van der Waals surface area contributed by atoms with Crippen molar-refractivity contribution in [2.24, 2.45) is 23.7 Å². The summed E-state index contributed by atoms with van der Waals surface area (Å²) >= 11 is 0. The summed E-state index contributed by atoms with van der Waals surface area (Å²) in [7, 11) is 0. The maximum absolute atomic E-state index is 13.0. The smallest absolute Gasteiger partial charge is 0.338 e. The van der Waals surface area contributed by atoms with Crippen molar-refractivity contribution in [1.82, 2.24) is 0 Å². The van der Waals surface area contributed by atoms with E-state index in [2.05, 4.69) is 0 Å². The number of amides is 2. The van der Waals surface area contributed by atoms with Crippen LogP contribution in [0, 0.1) is 37.5 Å². The van der Waals surface area contributed by atoms with Gasteiger partial charge < -0.3 is 4.74 Å². The zero-order valence-electron chi connectivity index (χ0n) is 17.9. The summed E-state index contributed by atoms with van der Waals surface area (Å²) in [6, 6.07) is 11.8. The zero-order valence-corrected chi connectivity index (χ0v) is 17.9. The van der Waals surface area contributed by atoms with Crippen LogP contribution in [0.3, 0.4) is 0 Å². The van der Waals surface area contributed by atoms with Gasteiger partial charge in [-0.25, -0.2) is 9.69 Å². The van der Waals surface area contributed by atoms with Gasteiger partial charge in [-0.3, -0.25) is 14.4 Å². The normalized spacial score (nSPS) is 25.4. The first-order valence-corrected chi connectivity index (χ1v) is 10.8. The molecular formula is C26H23NO5. The Labute approximate surface area is 185 Å². The van der Waals surface area contributed by atoms with Gasteiger partial charge in [0.15, 0.2) is 6.61 Å². The summed E-state index contributed by atoms with van der Waals surface area (Å²) in [6.07, 6.45) is 4.95. The number of anilines is 1. The van der Waals surface area contributed by atoms with Gasteiger partial charge in [0.05, 0.1) is 23.1 Å². The quantitative estimate of drug-likeness (QED) is 0.314. The molecule has 4 atom stereocenters. The average molecular weight is 429 g/mol. The summed E-state index contributed by atoms with van der Waals surface area (Å²) in [4.78, 5) is 52.3. The molecule has 6 nitrogen and oxygen atoms in total. The molecule has 1 heterocycles. The van der Waals surface area contributed by atoms with Crippen molar-refractivity contribution >= 4 is 29.3 Å². The molecule has 2 aliphatic carbocycles. The van der Waals surface area contributed by atoms with Gasteiger partial charge in [0.1, 0.15) is 0 Å². The third-order valence-electron chi connectivity index (χ3n) is 6.84. The molecule has 0 aromatic heterocycles. The fraction of sp³-hybridized carbons (Fsp3) is 0.308. The molecule has 1 saturated heterocycles. The molecule has 2 aromatic carbocycles. The van der Waals surface area contributed by atoms with Crippen molar-refractivity contribution in [2.45, 2.75) is 20.3 Å². The van der Waals surface area contributed by atoms with Gasteiger partial charge in [-0.2, -0.15) is 0 Å². The highest BCUT2D eigenvalue weighted by atomic mass is 16.5. The topological polar surface area (TPSA) is 80.8 Å². The van der Waals surface area contributed by atoms with E-state index in [-0.39, 0.29) is 53.4 Å². The van der Waals surface area contributed by atoms with E-state index in [0.29, 0.717) is 11.3 Å². The van der Waals surface area contributed by atoms with Crippen LogP contribution in [0.15, 0.2) is 54.6 Å². The largest absolute Gasteiger partial charge is 0.454 e.